The highest BCUT2D eigenvalue weighted by molar-refractivity contribution is 5.98. The predicted molar refractivity (Wildman–Crippen MR) is 87.3 cm³/mol. The van der Waals surface area contributed by atoms with Crippen LogP contribution in [0.3, 0.4) is 0 Å². The van der Waals surface area contributed by atoms with Crippen LogP contribution in [0.25, 0.3) is 0 Å². The number of hydrogen-bond acceptors (Lipinski definition) is 5. The second-order valence-electron chi connectivity index (χ2n) is 4.52. The van der Waals surface area contributed by atoms with Crippen molar-refractivity contribution in [3.63, 3.8) is 0 Å². The number of nitrogen functional groups attached to an aromatic ring is 2. The average molecular weight is 315 g/mol. The summed E-state index contributed by atoms with van der Waals surface area (Å²) < 4.78 is 0. The van der Waals surface area contributed by atoms with Gasteiger partial charge in [0.2, 0.25) is 11.8 Å². The van der Waals surface area contributed by atoms with Gasteiger partial charge >= 0.3 is 0 Å². The van der Waals surface area contributed by atoms with Gasteiger partial charge in [-0.05, 0) is 42.5 Å². The number of carbonyl (C=O) groups is 3. The van der Waals surface area contributed by atoms with Gasteiger partial charge in [0.05, 0.1) is 5.56 Å². The van der Waals surface area contributed by atoms with Crippen molar-refractivity contribution in [1.29, 1.82) is 0 Å². The maximum Gasteiger partial charge on any atom is 0.250 e. The highest BCUT2D eigenvalue weighted by Crippen LogP contribution is 2.14. The molecule has 3 amide bonds. The first kappa shape index (κ1) is 17.5. The van der Waals surface area contributed by atoms with Gasteiger partial charge in [-0.2, -0.15) is 0 Å². The van der Waals surface area contributed by atoms with Crippen LogP contribution in [0.1, 0.15) is 31.1 Å². The summed E-state index contributed by atoms with van der Waals surface area (Å²) in [6, 6.07) is 10.5. The molecular formula is C15H17N5O3. The molecule has 0 atom stereocenters. The minimum atomic E-state index is -0.560. The molecule has 0 bridgehead atoms. The van der Waals surface area contributed by atoms with Crippen LogP contribution < -0.4 is 28.7 Å². The first-order valence-electron chi connectivity index (χ1n) is 6.37. The summed E-state index contributed by atoms with van der Waals surface area (Å²) in [4.78, 5) is 31.8. The molecular weight excluding hydrogens is 298 g/mol. The van der Waals surface area contributed by atoms with Gasteiger partial charge in [-0.25, -0.2) is 0 Å². The number of primary amides is 3. The zero-order valence-corrected chi connectivity index (χ0v) is 12.2. The number of rotatable bonds is 3. The molecule has 0 aliphatic rings. The summed E-state index contributed by atoms with van der Waals surface area (Å²) in [5, 5.41) is 0. The Labute approximate surface area is 132 Å². The standard InChI is InChI=1S/C8H8N2O2.C7H9N3O/c9-7(11)5-1-2-6(4-3-5)8(10)12;8-4-1-2-6(9)5(3-4)7(10)11/h1-4H,(H2,9,11)(H2,10,12);1-3H,8-9H2,(H2,10,11). The first-order valence-corrected chi connectivity index (χ1v) is 6.37. The molecule has 0 heterocycles. The van der Waals surface area contributed by atoms with Crippen molar-refractivity contribution in [2.24, 2.45) is 17.2 Å². The fourth-order valence-corrected chi connectivity index (χ4v) is 1.59. The fourth-order valence-electron chi connectivity index (χ4n) is 1.59. The highest BCUT2D eigenvalue weighted by Gasteiger charge is 2.04. The molecule has 8 nitrogen and oxygen atoms in total. The molecule has 0 unspecified atom stereocenters. The van der Waals surface area contributed by atoms with Crippen molar-refractivity contribution in [2.75, 3.05) is 11.5 Å². The number of nitrogens with two attached hydrogens (primary N) is 5. The molecule has 0 aromatic heterocycles. The van der Waals surface area contributed by atoms with Crippen LogP contribution in [-0.4, -0.2) is 17.7 Å². The zero-order chi connectivity index (χ0) is 17.6. The minimum absolute atomic E-state index is 0.269. The lowest BCUT2D eigenvalue weighted by Gasteiger charge is -2.01. The van der Waals surface area contributed by atoms with E-state index in [1.165, 1.54) is 30.3 Å². The maximum absolute atomic E-state index is 10.7. The summed E-state index contributed by atoms with van der Waals surface area (Å²) in [6.07, 6.45) is 0. The van der Waals surface area contributed by atoms with Gasteiger partial charge in [0.1, 0.15) is 0 Å². The van der Waals surface area contributed by atoms with Crippen molar-refractivity contribution in [3.05, 3.63) is 59.2 Å². The Morgan fingerprint density at radius 3 is 1.39 bits per heavy atom. The molecule has 2 rings (SSSR count). The monoisotopic (exact) mass is 315 g/mol. The first-order chi connectivity index (χ1) is 10.7. The van der Waals surface area contributed by atoms with Gasteiger partial charge in [0.25, 0.3) is 5.91 Å². The largest absolute Gasteiger partial charge is 0.399 e. The summed E-state index contributed by atoms with van der Waals surface area (Å²) in [5.74, 6) is -1.60. The van der Waals surface area contributed by atoms with Gasteiger partial charge in [-0.15, -0.1) is 0 Å². The Bertz CT molecular complexity index is 708. The average Bonchev–Trinajstić information content (AvgIpc) is 2.50. The van der Waals surface area contributed by atoms with E-state index in [1.54, 1.807) is 12.1 Å². The lowest BCUT2D eigenvalue weighted by molar-refractivity contribution is 0.0988. The Balaban J connectivity index is 0.000000231. The smallest absolute Gasteiger partial charge is 0.250 e. The third-order valence-electron chi connectivity index (χ3n) is 2.80. The number of hydrogen-bond donors (Lipinski definition) is 5. The van der Waals surface area contributed by atoms with E-state index in [0.29, 0.717) is 22.5 Å². The van der Waals surface area contributed by atoms with Crippen molar-refractivity contribution < 1.29 is 14.4 Å². The second kappa shape index (κ2) is 7.46. The van der Waals surface area contributed by atoms with Gasteiger partial charge in [-0.3, -0.25) is 14.4 Å². The number of anilines is 2. The molecule has 120 valence electrons. The Kier molecular flexibility index (Phi) is 5.67. The van der Waals surface area contributed by atoms with E-state index in [0.717, 1.165) is 0 Å². The topological polar surface area (TPSA) is 181 Å². The van der Waals surface area contributed by atoms with E-state index in [4.69, 9.17) is 28.7 Å². The van der Waals surface area contributed by atoms with Gasteiger partial charge in [0, 0.05) is 22.5 Å². The number of benzene rings is 2. The molecule has 0 aliphatic carbocycles. The van der Waals surface area contributed by atoms with Gasteiger partial charge in [0.15, 0.2) is 0 Å². The van der Waals surface area contributed by atoms with E-state index in [9.17, 15) is 14.4 Å². The Morgan fingerprint density at radius 2 is 1.09 bits per heavy atom. The van der Waals surface area contributed by atoms with Crippen LogP contribution >= 0.6 is 0 Å². The molecule has 0 radical (unpaired) electrons. The normalized spacial score (nSPS) is 9.39. The van der Waals surface area contributed by atoms with Crippen LogP contribution in [0.5, 0.6) is 0 Å². The second-order valence-corrected chi connectivity index (χ2v) is 4.52. The van der Waals surface area contributed by atoms with Crippen molar-refractivity contribution in [2.45, 2.75) is 0 Å². The lowest BCUT2D eigenvalue weighted by atomic mass is 10.1. The molecule has 0 saturated heterocycles. The molecule has 2 aromatic rings. The summed E-state index contributed by atoms with van der Waals surface area (Å²) in [7, 11) is 0. The molecule has 8 heteroatoms. The molecule has 0 aliphatic heterocycles. The van der Waals surface area contributed by atoms with Crippen molar-refractivity contribution >= 4 is 29.1 Å². The van der Waals surface area contributed by atoms with E-state index in [-0.39, 0.29) is 5.56 Å². The highest BCUT2D eigenvalue weighted by atomic mass is 16.2. The van der Waals surface area contributed by atoms with Crippen LogP contribution in [0, 0.1) is 0 Å². The van der Waals surface area contributed by atoms with Gasteiger partial charge < -0.3 is 28.7 Å². The quantitative estimate of drug-likeness (QED) is 0.492. The molecule has 10 N–H and O–H groups in total. The van der Waals surface area contributed by atoms with Crippen molar-refractivity contribution in [3.8, 4) is 0 Å². The minimum Gasteiger partial charge on any atom is -0.399 e. The predicted octanol–water partition coefficient (Wildman–Crippen LogP) is -0.166. The number of carbonyl (C=O) groups excluding carboxylic acids is 3. The maximum atomic E-state index is 10.7. The summed E-state index contributed by atoms with van der Waals surface area (Å²) in [6.45, 7) is 0. The molecule has 23 heavy (non-hydrogen) atoms. The SMILES string of the molecule is NC(=O)c1cc(N)ccc1N.NC(=O)c1ccc(C(N)=O)cc1. The molecule has 0 spiro atoms. The molecule has 0 saturated carbocycles. The summed E-state index contributed by atoms with van der Waals surface area (Å²) in [5.41, 5.74) is 27.6. The van der Waals surface area contributed by atoms with E-state index < -0.39 is 17.7 Å². The zero-order valence-electron chi connectivity index (χ0n) is 12.2. The van der Waals surface area contributed by atoms with Gasteiger partial charge in [-0.1, -0.05) is 0 Å². The Morgan fingerprint density at radius 1 is 0.652 bits per heavy atom. The molecule has 2 aromatic carbocycles. The van der Waals surface area contributed by atoms with E-state index >= 15 is 0 Å². The molecule has 0 fully saturated rings. The van der Waals surface area contributed by atoms with E-state index in [1.807, 2.05) is 0 Å². The summed E-state index contributed by atoms with van der Waals surface area (Å²) >= 11 is 0. The van der Waals surface area contributed by atoms with E-state index in [2.05, 4.69) is 0 Å². The fraction of sp³-hybridized carbons (Fsp3) is 0. The Hall–Kier alpha value is -3.55. The number of amides is 3. The van der Waals surface area contributed by atoms with Crippen molar-refractivity contribution in [1.82, 2.24) is 0 Å². The van der Waals surface area contributed by atoms with Crippen LogP contribution in [-0.2, 0) is 0 Å². The third kappa shape index (κ3) is 5.05. The van der Waals surface area contributed by atoms with Crippen LogP contribution in [0.15, 0.2) is 42.5 Å². The lowest BCUT2D eigenvalue weighted by Crippen LogP contribution is -2.13. The van der Waals surface area contributed by atoms with Crippen LogP contribution in [0.4, 0.5) is 11.4 Å². The third-order valence-corrected chi connectivity index (χ3v) is 2.80. The van der Waals surface area contributed by atoms with Crippen LogP contribution in [0.2, 0.25) is 0 Å².